The maximum absolute atomic E-state index is 12.5. The van der Waals surface area contributed by atoms with Crippen molar-refractivity contribution in [1.82, 2.24) is 9.80 Å². The minimum absolute atomic E-state index is 0.0324. The summed E-state index contributed by atoms with van der Waals surface area (Å²) in [5.74, 6) is -0.648. The Kier molecular flexibility index (Phi) is 4.32. The molecule has 0 saturated carbocycles. The topological polar surface area (TPSA) is 60.9 Å². The summed E-state index contributed by atoms with van der Waals surface area (Å²) in [5, 5.41) is 9.09. The van der Waals surface area contributed by atoms with E-state index in [9.17, 15) is 9.59 Å². The number of hydrogen-bond donors (Lipinski definition) is 1. The van der Waals surface area contributed by atoms with Gasteiger partial charge in [-0.2, -0.15) is 0 Å². The number of carboxylic acid groups (broad SMARTS) is 1. The van der Waals surface area contributed by atoms with Gasteiger partial charge in [0.15, 0.2) is 0 Å². The number of urea groups is 1. The van der Waals surface area contributed by atoms with Gasteiger partial charge >= 0.3 is 12.0 Å². The summed E-state index contributed by atoms with van der Waals surface area (Å²) in [6.07, 6.45) is 3.70. The Morgan fingerprint density at radius 2 is 1.79 bits per heavy atom. The van der Waals surface area contributed by atoms with Crippen molar-refractivity contribution in [3.05, 3.63) is 0 Å². The second-order valence-corrected chi connectivity index (χ2v) is 5.96. The van der Waals surface area contributed by atoms with Crippen molar-refractivity contribution >= 4 is 12.0 Å². The number of likely N-dealkylation sites (tertiary alicyclic amines) is 2. The molecule has 2 saturated heterocycles. The number of aliphatic carboxylic acids is 1. The largest absolute Gasteiger partial charge is 0.481 e. The molecule has 0 bridgehead atoms. The minimum Gasteiger partial charge on any atom is -0.481 e. The van der Waals surface area contributed by atoms with Crippen LogP contribution in [0.1, 0.15) is 39.5 Å². The van der Waals surface area contributed by atoms with Crippen LogP contribution in [-0.4, -0.2) is 52.6 Å². The number of piperidine rings is 2. The number of amides is 2. The summed E-state index contributed by atoms with van der Waals surface area (Å²) >= 11 is 0. The molecule has 0 aromatic carbocycles. The van der Waals surface area contributed by atoms with E-state index in [0.717, 1.165) is 19.4 Å². The zero-order valence-corrected chi connectivity index (χ0v) is 11.8. The number of hydrogen-bond acceptors (Lipinski definition) is 2. The first kappa shape index (κ1) is 14.2. The van der Waals surface area contributed by atoms with Crippen molar-refractivity contribution in [2.45, 2.75) is 45.6 Å². The van der Waals surface area contributed by atoms with Crippen LogP contribution in [0.4, 0.5) is 4.79 Å². The van der Waals surface area contributed by atoms with E-state index in [0.29, 0.717) is 25.4 Å². The third kappa shape index (κ3) is 3.01. The van der Waals surface area contributed by atoms with E-state index < -0.39 is 11.9 Å². The Morgan fingerprint density at radius 1 is 1.11 bits per heavy atom. The normalized spacial score (nSPS) is 32.2. The molecule has 2 amide bonds. The van der Waals surface area contributed by atoms with E-state index in [-0.39, 0.29) is 12.1 Å². The number of rotatable bonds is 1. The summed E-state index contributed by atoms with van der Waals surface area (Å²) in [4.78, 5) is 27.3. The van der Waals surface area contributed by atoms with Crippen molar-refractivity contribution in [2.24, 2.45) is 11.8 Å². The highest BCUT2D eigenvalue weighted by Crippen LogP contribution is 2.25. The van der Waals surface area contributed by atoms with Crippen LogP contribution in [0, 0.1) is 11.8 Å². The van der Waals surface area contributed by atoms with Crippen molar-refractivity contribution in [2.75, 3.05) is 19.6 Å². The fourth-order valence-corrected chi connectivity index (χ4v) is 3.14. The average molecular weight is 268 g/mol. The molecule has 0 radical (unpaired) electrons. The molecule has 0 spiro atoms. The fraction of sp³-hybridized carbons (Fsp3) is 0.857. The first-order valence-electron chi connectivity index (χ1n) is 7.29. The third-order valence-electron chi connectivity index (χ3n) is 4.66. The van der Waals surface area contributed by atoms with E-state index in [1.807, 2.05) is 4.90 Å². The summed E-state index contributed by atoms with van der Waals surface area (Å²) in [5.41, 5.74) is 0. The van der Waals surface area contributed by atoms with Crippen LogP contribution >= 0.6 is 0 Å². The quantitative estimate of drug-likeness (QED) is 0.791. The Balaban J connectivity index is 2.00. The summed E-state index contributed by atoms with van der Waals surface area (Å²) in [6.45, 7) is 6.14. The van der Waals surface area contributed by atoms with Gasteiger partial charge in [-0.1, -0.05) is 6.92 Å². The van der Waals surface area contributed by atoms with Gasteiger partial charge in [-0.3, -0.25) is 4.79 Å². The van der Waals surface area contributed by atoms with Crippen molar-refractivity contribution < 1.29 is 14.7 Å². The van der Waals surface area contributed by atoms with Gasteiger partial charge in [0.2, 0.25) is 0 Å². The highest BCUT2D eigenvalue weighted by atomic mass is 16.4. The van der Waals surface area contributed by atoms with Gasteiger partial charge in [-0.05, 0) is 38.5 Å². The monoisotopic (exact) mass is 268 g/mol. The predicted octanol–water partition coefficient (Wildman–Crippen LogP) is 2.02. The smallest absolute Gasteiger partial charge is 0.320 e. The highest BCUT2D eigenvalue weighted by Gasteiger charge is 2.34. The lowest BCUT2D eigenvalue weighted by Crippen LogP contribution is -2.54. The molecule has 0 aliphatic carbocycles. The summed E-state index contributed by atoms with van der Waals surface area (Å²) < 4.78 is 0. The molecular weight excluding hydrogens is 244 g/mol. The van der Waals surface area contributed by atoms with E-state index in [1.54, 1.807) is 4.90 Å². The lowest BCUT2D eigenvalue weighted by molar-refractivity contribution is -0.143. The van der Waals surface area contributed by atoms with Crippen LogP contribution < -0.4 is 0 Å². The Hall–Kier alpha value is -1.26. The molecule has 0 aromatic rings. The molecule has 2 aliphatic heterocycles. The number of carboxylic acids is 1. The summed E-state index contributed by atoms with van der Waals surface area (Å²) in [6, 6.07) is 0.288. The zero-order chi connectivity index (χ0) is 14.0. The SMILES string of the molecule is CC1CCCN(C(=O)N2CCC[C@@H](C(=O)O)C2)C1C. The van der Waals surface area contributed by atoms with Gasteiger partial charge < -0.3 is 14.9 Å². The molecule has 2 fully saturated rings. The minimum atomic E-state index is -0.780. The number of nitrogens with zero attached hydrogens (tertiary/aromatic N) is 2. The Labute approximate surface area is 114 Å². The summed E-state index contributed by atoms with van der Waals surface area (Å²) in [7, 11) is 0. The molecular formula is C14H24N2O3. The molecule has 108 valence electrons. The van der Waals surface area contributed by atoms with E-state index in [1.165, 1.54) is 6.42 Å². The van der Waals surface area contributed by atoms with E-state index in [4.69, 9.17) is 5.11 Å². The lowest BCUT2D eigenvalue weighted by Gasteiger charge is -2.42. The lowest BCUT2D eigenvalue weighted by atomic mass is 9.92. The first-order chi connectivity index (χ1) is 9.00. The van der Waals surface area contributed by atoms with Crippen LogP contribution in [0.25, 0.3) is 0 Å². The molecule has 2 aliphatic rings. The van der Waals surface area contributed by atoms with Gasteiger partial charge in [0, 0.05) is 25.7 Å². The highest BCUT2D eigenvalue weighted by molar-refractivity contribution is 5.77. The molecule has 2 unspecified atom stereocenters. The molecule has 2 heterocycles. The van der Waals surface area contributed by atoms with Crippen LogP contribution in [-0.2, 0) is 4.79 Å². The molecule has 3 atom stereocenters. The fourth-order valence-electron chi connectivity index (χ4n) is 3.14. The van der Waals surface area contributed by atoms with Crippen molar-refractivity contribution in [3.8, 4) is 0 Å². The van der Waals surface area contributed by atoms with Gasteiger partial charge in [-0.15, -0.1) is 0 Å². The molecule has 0 aromatic heterocycles. The van der Waals surface area contributed by atoms with Gasteiger partial charge in [-0.25, -0.2) is 4.79 Å². The second kappa shape index (κ2) is 5.80. The van der Waals surface area contributed by atoms with Crippen molar-refractivity contribution in [1.29, 1.82) is 0 Å². The first-order valence-corrected chi connectivity index (χ1v) is 7.29. The molecule has 5 heteroatoms. The third-order valence-corrected chi connectivity index (χ3v) is 4.66. The molecule has 5 nitrogen and oxygen atoms in total. The zero-order valence-electron chi connectivity index (χ0n) is 11.8. The van der Waals surface area contributed by atoms with Crippen LogP contribution in [0.15, 0.2) is 0 Å². The molecule has 19 heavy (non-hydrogen) atoms. The Bertz CT molecular complexity index is 359. The number of carbonyl (C=O) groups is 2. The maximum Gasteiger partial charge on any atom is 0.320 e. The predicted molar refractivity (Wildman–Crippen MR) is 71.9 cm³/mol. The van der Waals surface area contributed by atoms with Gasteiger partial charge in [0.25, 0.3) is 0 Å². The van der Waals surface area contributed by atoms with Gasteiger partial charge in [0.05, 0.1) is 5.92 Å². The molecule has 1 N–H and O–H groups in total. The number of carbonyl (C=O) groups excluding carboxylic acids is 1. The van der Waals surface area contributed by atoms with Crippen LogP contribution in [0.3, 0.4) is 0 Å². The van der Waals surface area contributed by atoms with Gasteiger partial charge in [0.1, 0.15) is 0 Å². The molecule has 2 rings (SSSR count). The standard InChI is InChI=1S/C14H24N2O3/c1-10-5-3-8-16(11(10)2)14(19)15-7-4-6-12(9-15)13(17)18/h10-12H,3-9H2,1-2H3,(H,17,18)/t10?,11?,12-/m1/s1. The Morgan fingerprint density at radius 3 is 2.47 bits per heavy atom. The maximum atomic E-state index is 12.5. The average Bonchev–Trinajstić information content (AvgIpc) is 2.41. The van der Waals surface area contributed by atoms with E-state index >= 15 is 0 Å². The van der Waals surface area contributed by atoms with E-state index in [2.05, 4.69) is 13.8 Å². The second-order valence-electron chi connectivity index (χ2n) is 5.96. The van der Waals surface area contributed by atoms with Crippen LogP contribution in [0.2, 0.25) is 0 Å². The van der Waals surface area contributed by atoms with Crippen LogP contribution in [0.5, 0.6) is 0 Å². The van der Waals surface area contributed by atoms with Crippen molar-refractivity contribution in [3.63, 3.8) is 0 Å².